The van der Waals surface area contributed by atoms with E-state index in [1.165, 1.54) is 6.92 Å². The fourth-order valence-electron chi connectivity index (χ4n) is 3.22. The van der Waals surface area contributed by atoms with Gasteiger partial charge in [-0.05, 0) is 24.5 Å². The van der Waals surface area contributed by atoms with Gasteiger partial charge in [0.25, 0.3) is 0 Å². The number of fused-ring (bicyclic) bond motifs is 1. The molecule has 0 bridgehead atoms. The van der Waals surface area contributed by atoms with E-state index >= 15 is 0 Å². The summed E-state index contributed by atoms with van der Waals surface area (Å²) in [6.45, 7) is 1.50. The molecule has 1 fully saturated rings. The molecule has 0 unspecified atom stereocenters. The maximum absolute atomic E-state index is 12.7. The number of rotatable bonds is 3. The lowest BCUT2D eigenvalue weighted by molar-refractivity contribution is -0.122. The summed E-state index contributed by atoms with van der Waals surface area (Å²) in [6, 6.07) is 9.36. The Kier molecular flexibility index (Phi) is 3.18. The Hall–Kier alpha value is -2.63. The van der Waals surface area contributed by atoms with Gasteiger partial charge >= 0.3 is 0 Å². The van der Waals surface area contributed by atoms with Gasteiger partial charge in [0.05, 0.1) is 12.2 Å². The molecule has 2 amide bonds. The lowest BCUT2D eigenvalue weighted by atomic mass is 10.1. The highest BCUT2D eigenvalue weighted by Gasteiger charge is 2.37. The summed E-state index contributed by atoms with van der Waals surface area (Å²) < 4.78 is 1.86. The van der Waals surface area contributed by atoms with Crippen LogP contribution in [-0.2, 0) is 16.0 Å². The first-order chi connectivity index (χ1) is 11.1. The molecule has 0 radical (unpaired) electrons. The fraction of sp³-hybridized carbons (Fsp3) is 0.353. The monoisotopic (exact) mass is 310 g/mol. The van der Waals surface area contributed by atoms with Gasteiger partial charge in [-0.2, -0.15) is 5.10 Å². The second-order valence-corrected chi connectivity index (χ2v) is 6.12. The topological polar surface area (TPSA) is 67.2 Å². The van der Waals surface area contributed by atoms with Crippen molar-refractivity contribution in [2.75, 3.05) is 10.2 Å². The van der Waals surface area contributed by atoms with Gasteiger partial charge in [-0.15, -0.1) is 0 Å². The molecule has 2 aromatic rings. The largest absolute Gasteiger partial charge is 0.309 e. The van der Waals surface area contributed by atoms with Crippen LogP contribution >= 0.6 is 0 Å². The number of carbonyl (C=O) groups is 2. The average Bonchev–Trinajstić information content (AvgIpc) is 3.14. The molecule has 2 heterocycles. The van der Waals surface area contributed by atoms with Crippen molar-refractivity contribution in [1.82, 2.24) is 9.78 Å². The second kappa shape index (κ2) is 5.22. The van der Waals surface area contributed by atoms with Crippen LogP contribution in [0.1, 0.15) is 31.4 Å². The number of nitrogens with one attached hydrogen (secondary N) is 1. The normalized spacial score (nSPS) is 19.5. The van der Waals surface area contributed by atoms with E-state index < -0.39 is 6.04 Å². The van der Waals surface area contributed by atoms with Crippen LogP contribution in [0.4, 0.5) is 11.5 Å². The van der Waals surface area contributed by atoms with Crippen molar-refractivity contribution in [3.8, 4) is 0 Å². The molecule has 0 spiro atoms. The third-order valence-corrected chi connectivity index (χ3v) is 4.43. The third-order valence-electron chi connectivity index (χ3n) is 4.43. The molecule has 1 aliphatic heterocycles. The summed E-state index contributed by atoms with van der Waals surface area (Å²) in [5, 5.41) is 7.21. The van der Waals surface area contributed by atoms with E-state index in [2.05, 4.69) is 10.4 Å². The standard InChI is InChI=1S/C17H18N4O2/c1-11(22)20-14-5-3-2-4-12(14)10-15(20)17(23)19-16-8-9-18-21(16)13-6-7-13/h2-5,8-9,13,15H,6-7,10H2,1H3,(H,19,23)/t15-/m0/s1. The molecular formula is C17H18N4O2. The molecule has 118 valence electrons. The van der Waals surface area contributed by atoms with Gasteiger partial charge in [-0.1, -0.05) is 18.2 Å². The van der Waals surface area contributed by atoms with Crippen LogP contribution < -0.4 is 10.2 Å². The minimum Gasteiger partial charge on any atom is -0.309 e. The van der Waals surface area contributed by atoms with Gasteiger partial charge in [0.15, 0.2) is 0 Å². The average molecular weight is 310 g/mol. The summed E-state index contributed by atoms with van der Waals surface area (Å²) >= 11 is 0. The second-order valence-electron chi connectivity index (χ2n) is 6.12. The minimum atomic E-state index is -0.507. The molecule has 6 nitrogen and oxygen atoms in total. The van der Waals surface area contributed by atoms with Crippen molar-refractivity contribution in [1.29, 1.82) is 0 Å². The molecule has 23 heavy (non-hydrogen) atoms. The summed E-state index contributed by atoms with van der Waals surface area (Å²) in [7, 11) is 0. The summed E-state index contributed by atoms with van der Waals surface area (Å²) in [5.41, 5.74) is 1.86. The van der Waals surface area contributed by atoms with Crippen LogP contribution in [0, 0.1) is 0 Å². The van der Waals surface area contributed by atoms with E-state index in [1.807, 2.05) is 28.9 Å². The molecular weight excluding hydrogens is 292 g/mol. The number of para-hydroxylation sites is 1. The van der Waals surface area contributed by atoms with Gasteiger partial charge < -0.3 is 5.32 Å². The highest BCUT2D eigenvalue weighted by molar-refractivity contribution is 6.06. The van der Waals surface area contributed by atoms with Crippen molar-refractivity contribution >= 4 is 23.3 Å². The molecule has 4 rings (SSSR count). The highest BCUT2D eigenvalue weighted by atomic mass is 16.2. The Morgan fingerprint density at radius 2 is 2.00 bits per heavy atom. The molecule has 2 aliphatic rings. The predicted octanol–water partition coefficient (Wildman–Crippen LogP) is 2.13. The van der Waals surface area contributed by atoms with Crippen LogP contribution in [0.25, 0.3) is 0 Å². The SMILES string of the molecule is CC(=O)N1c2ccccc2C[C@H]1C(=O)Nc1ccnn1C1CC1. The number of carbonyl (C=O) groups excluding carboxylic acids is 2. The number of amides is 2. The van der Waals surface area contributed by atoms with Gasteiger partial charge in [-0.3, -0.25) is 14.5 Å². The molecule has 6 heteroatoms. The van der Waals surface area contributed by atoms with E-state index in [9.17, 15) is 9.59 Å². The number of nitrogens with zero attached hydrogens (tertiary/aromatic N) is 3. The van der Waals surface area contributed by atoms with E-state index in [0.29, 0.717) is 18.3 Å². The number of hydrogen-bond donors (Lipinski definition) is 1. The Labute approximate surface area is 134 Å². The van der Waals surface area contributed by atoms with Crippen LogP contribution in [0.5, 0.6) is 0 Å². The molecule has 1 atom stereocenters. The Balaban J connectivity index is 1.58. The van der Waals surface area contributed by atoms with Gasteiger partial charge in [0.1, 0.15) is 11.9 Å². The minimum absolute atomic E-state index is 0.120. The number of hydrogen-bond acceptors (Lipinski definition) is 3. The number of aromatic nitrogens is 2. The smallest absolute Gasteiger partial charge is 0.249 e. The van der Waals surface area contributed by atoms with Crippen molar-refractivity contribution in [3.05, 3.63) is 42.1 Å². The van der Waals surface area contributed by atoms with Crippen LogP contribution in [0.2, 0.25) is 0 Å². The number of anilines is 2. The molecule has 1 N–H and O–H groups in total. The third kappa shape index (κ3) is 2.40. The summed E-state index contributed by atoms with van der Waals surface area (Å²) in [4.78, 5) is 26.4. The first-order valence-corrected chi connectivity index (χ1v) is 7.87. The van der Waals surface area contributed by atoms with Crippen molar-refractivity contribution < 1.29 is 9.59 Å². The lowest BCUT2D eigenvalue weighted by Gasteiger charge is -2.23. The van der Waals surface area contributed by atoms with Crippen LogP contribution in [-0.4, -0.2) is 27.6 Å². The van der Waals surface area contributed by atoms with Crippen molar-refractivity contribution in [3.63, 3.8) is 0 Å². The van der Waals surface area contributed by atoms with E-state index in [4.69, 9.17) is 0 Å². The maximum atomic E-state index is 12.7. The highest BCUT2D eigenvalue weighted by Crippen LogP contribution is 2.37. The Bertz CT molecular complexity index is 778. The fourth-order valence-corrected chi connectivity index (χ4v) is 3.22. The van der Waals surface area contributed by atoms with Crippen LogP contribution in [0.15, 0.2) is 36.5 Å². The van der Waals surface area contributed by atoms with Crippen LogP contribution in [0.3, 0.4) is 0 Å². The quantitative estimate of drug-likeness (QED) is 0.944. The van der Waals surface area contributed by atoms with E-state index in [0.717, 1.165) is 24.1 Å². The molecule has 1 aromatic heterocycles. The zero-order chi connectivity index (χ0) is 16.0. The first kappa shape index (κ1) is 14.0. The zero-order valence-corrected chi connectivity index (χ0v) is 12.9. The first-order valence-electron chi connectivity index (χ1n) is 7.87. The molecule has 0 saturated heterocycles. The molecule has 1 aliphatic carbocycles. The lowest BCUT2D eigenvalue weighted by Crippen LogP contribution is -2.44. The van der Waals surface area contributed by atoms with Crippen molar-refractivity contribution in [2.45, 2.75) is 38.3 Å². The van der Waals surface area contributed by atoms with Gasteiger partial charge in [0, 0.05) is 25.1 Å². The van der Waals surface area contributed by atoms with Gasteiger partial charge in [-0.25, -0.2) is 4.68 Å². The summed E-state index contributed by atoms with van der Waals surface area (Å²) in [5.74, 6) is 0.418. The predicted molar refractivity (Wildman–Crippen MR) is 86.2 cm³/mol. The summed E-state index contributed by atoms with van der Waals surface area (Å²) in [6.07, 6.45) is 4.43. The zero-order valence-electron chi connectivity index (χ0n) is 12.9. The van der Waals surface area contributed by atoms with Crippen molar-refractivity contribution in [2.24, 2.45) is 0 Å². The Morgan fingerprint density at radius 3 is 2.74 bits per heavy atom. The molecule has 1 saturated carbocycles. The van der Waals surface area contributed by atoms with E-state index in [-0.39, 0.29) is 11.8 Å². The maximum Gasteiger partial charge on any atom is 0.249 e. The molecule has 1 aromatic carbocycles. The Morgan fingerprint density at radius 1 is 1.22 bits per heavy atom. The van der Waals surface area contributed by atoms with Gasteiger partial charge in [0.2, 0.25) is 11.8 Å². The van der Waals surface area contributed by atoms with E-state index in [1.54, 1.807) is 17.2 Å². The number of benzene rings is 1.